The number of aromatic carboxylic acids is 1. The van der Waals surface area contributed by atoms with Gasteiger partial charge in [0.1, 0.15) is 10.7 Å². The molecule has 0 aliphatic carbocycles. The first-order valence-electron chi connectivity index (χ1n) is 9.31. The number of rotatable bonds is 6. The van der Waals surface area contributed by atoms with Crippen molar-refractivity contribution in [3.63, 3.8) is 0 Å². The molecule has 7 nitrogen and oxygen atoms in total. The first-order valence-corrected chi connectivity index (χ1v) is 10.5. The van der Waals surface area contributed by atoms with E-state index < -0.39 is 11.8 Å². The topological polar surface area (TPSA) is 82.2 Å². The Labute approximate surface area is 186 Å². The second-order valence-corrected chi connectivity index (χ2v) is 8.41. The molecule has 0 aliphatic heterocycles. The van der Waals surface area contributed by atoms with Gasteiger partial charge in [0.05, 0.1) is 34.4 Å². The van der Waals surface area contributed by atoms with Crippen molar-refractivity contribution in [2.24, 2.45) is 0 Å². The van der Waals surface area contributed by atoms with Crippen LogP contribution < -0.4 is 4.74 Å². The molecular formula is C21H18ClFN4O3S. The predicted octanol–water partition coefficient (Wildman–Crippen LogP) is 5.45. The van der Waals surface area contributed by atoms with E-state index in [-0.39, 0.29) is 22.3 Å². The molecule has 1 aromatic carbocycles. The molecule has 3 aromatic heterocycles. The molecule has 0 radical (unpaired) electrons. The van der Waals surface area contributed by atoms with E-state index >= 15 is 4.39 Å². The monoisotopic (exact) mass is 460 g/mol. The van der Waals surface area contributed by atoms with Crippen LogP contribution in [0.4, 0.5) is 4.39 Å². The fraction of sp³-hybridized carbons (Fsp3) is 0.190. The number of ether oxygens (including phenoxy) is 1. The molecular weight excluding hydrogens is 443 g/mol. The molecule has 4 rings (SSSR count). The third kappa shape index (κ3) is 3.75. The zero-order valence-electron chi connectivity index (χ0n) is 16.8. The number of methoxy groups -OCH3 is 1. The molecule has 160 valence electrons. The van der Waals surface area contributed by atoms with Crippen molar-refractivity contribution in [2.45, 2.75) is 29.8 Å². The average Bonchev–Trinajstić information content (AvgIpc) is 3.34. The third-order valence-electron chi connectivity index (χ3n) is 4.65. The van der Waals surface area contributed by atoms with Crippen LogP contribution in [0.25, 0.3) is 16.6 Å². The number of carboxylic acids is 1. The van der Waals surface area contributed by atoms with Gasteiger partial charge >= 0.3 is 5.97 Å². The average molecular weight is 461 g/mol. The zero-order valence-corrected chi connectivity index (χ0v) is 18.4. The summed E-state index contributed by atoms with van der Waals surface area (Å²) in [6, 6.07) is 8.00. The number of hydrogen-bond donors (Lipinski definition) is 1. The molecule has 0 amide bonds. The Hall–Kier alpha value is -3.04. The highest BCUT2D eigenvalue weighted by molar-refractivity contribution is 7.99. The number of carboxylic acid groups (broad SMARTS) is 1. The maximum absolute atomic E-state index is 15.2. The number of halogens is 2. The Morgan fingerprint density at radius 1 is 1.29 bits per heavy atom. The number of benzene rings is 1. The van der Waals surface area contributed by atoms with Crippen molar-refractivity contribution in [3.8, 4) is 11.6 Å². The van der Waals surface area contributed by atoms with Crippen molar-refractivity contribution < 1.29 is 19.0 Å². The van der Waals surface area contributed by atoms with E-state index in [0.29, 0.717) is 26.9 Å². The van der Waals surface area contributed by atoms with Gasteiger partial charge in [0.25, 0.3) is 0 Å². The van der Waals surface area contributed by atoms with E-state index in [4.69, 9.17) is 16.3 Å². The summed E-state index contributed by atoms with van der Waals surface area (Å²) in [6.45, 7) is 3.98. The Morgan fingerprint density at radius 2 is 2.06 bits per heavy atom. The molecule has 0 spiro atoms. The van der Waals surface area contributed by atoms with Crippen LogP contribution >= 0.6 is 23.4 Å². The predicted molar refractivity (Wildman–Crippen MR) is 116 cm³/mol. The molecule has 0 bridgehead atoms. The molecule has 0 fully saturated rings. The van der Waals surface area contributed by atoms with Crippen LogP contribution in [0.15, 0.2) is 52.6 Å². The minimum atomic E-state index is -1.13. The van der Waals surface area contributed by atoms with Crippen LogP contribution in [0.3, 0.4) is 0 Å². The fourth-order valence-electron chi connectivity index (χ4n) is 3.21. The van der Waals surface area contributed by atoms with Gasteiger partial charge in [-0.1, -0.05) is 29.4 Å². The molecule has 0 atom stereocenters. The van der Waals surface area contributed by atoms with E-state index in [1.54, 1.807) is 39.8 Å². The van der Waals surface area contributed by atoms with E-state index in [9.17, 15) is 9.90 Å². The van der Waals surface area contributed by atoms with Gasteiger partial charge in [-0.05, 0) is 38.1 Å². The number of aromatic nitrogens is 4. The number of nitrogens with zero attached hydrogens (tertiary/aromatic N) is 4. The molecule has 3 heterocycles. The lowest BCUT2D eigenvalue weighted by molar-refractivity contribution is 0.0689. The highest BCUT2D eigenvalue weighted by atomic mass is 35.5. The van der Waals surface area contributed by atoms with Gasteiger partial charge in [-0.15, -0.1) is 0 Å². The normalized spacial score (nSPS) is 11.4. The zero-order chi connectivity index (χ0) is 22.3. The van der Waals surface area contributed by atoms with Crippen molar-refractivity contribution in [1.82, 2.24) is 19.3 Å². The van der Waals surface area contributed by atoms with Crippen LogP contribution in [0.1, 0.15) is 30.4 Å². The molecule has 10 heteroatoms. The molecule has 0 aliphatic rings. The van der Waals surface area contributed by atoms with E-state index in [0.717, 1.165) is 0 Å². The van der Waals surface area contributed by atoms with Crippen LogP contribution in [-0.4, -0.2) is 37.5 Å². The number of pyridine rings is 1. The standard InChI is InChI=1S/C21H18ClFN4O3S/c1-11(2)26-10-12(9-24-26)27-18-13(7-8-14(22)17(18)23)19(20(27)30-3)31-16-6-4-5-15(25-16)21(28)29/h4-11H,1-3H3,(H,28,29). The summed E-state index contributed by atoms with van der Waals surface area (Å²) in [5.74, 6) is -1.35. The fourth-order valence-corrected chi connectivity index (χ4v) is 4.40. The summed E-state index contributed by atoms with van der Waals surface area (Å²) in [7, 11) is 1.49. The van der Waals surface area contributed by atoms with Gasteiger partial charge < -0.3 is 9.84 Å². The Bertz CT molecular complexity index is 1300. The van der Waals surface area contributed by atoms with Crippen LogP contribution in [0.5, 0.6) is 5.88 Å². The Morgan fingerprint density at radius 3 is 2.71 bits per heavy atom. The van der Waals surface area contributed by atoms with Crippen molar-refractivity contribution in [1.29, 1.82) is 0 Å². The highest BCUT2D eigenvalue weighted by Crippen LogP contribution is 2.45. The largest absolute Gasteiger partial charge is 0.481 e. The first kappa shape index (κ1) is 21.2. The number of fused-ring (bicyclic) bond motifs is 1. The second-order valence-electron chi connectivity index (χ2n) is 6.97. The maximum atomic E-state index is 15.2. The Kier molecular flexibility index (Phi) is 5.63. The molecule has 1 N–H and O–H groups in total. The summed E-state index contributed by atoms with van der Waals surface area (Å²) < 4.78 is 24.3. The van der Waals surface area contributed by atoms with Crippen LogP contribution in [0.2, 0.25) is 5.02 Å². The SMILES string of the molecule is COc1c(Sc2cccc(C(=O)O)n2)c2ccc(Cl)c(F)c2n1-c1cnn(C(C)C)c1. The lowest BCUT2D eigenvalue weighted by atomic mass is 10.2. The maximum Gasteiger partial charge on any atom is 0.354 e. The lowest BCUT2D eigenvalue weighted by Gasteiger charge is -2.09. The number of hydrogen-bond acceptors (Lipinski definition) is 5. The van der Waals surface area contributed by atoms with Gasteiger partial charge in [0.15, 0.2) is 5.82 Å². The minimum absolute atomic E-state index is 0.0206. The lowest BCUT2D eigenvalue weighted by Crippen LogP contribution is -2.01. The highest BCUT2D eigenvalue weighted by Gasteiger charge is 2.25. The molecule has 4 aromatic rings. The summed E-state index contributed by atoms with van der Waals surface area (Å²) in [4.78, 5) is 16.0. The van der Waals surface area contributed by atoms with Gasteiger partial charge in [0, 0.05) is 17.6 Å². The smallest absolute Gasteiger partial charge is 0.354 e. The summed E-state index contributed by atoms with van der Waals surface area (Å²) in [5, 5.41) is 14.6. The molecule has 0 unspecified atom stereocenters. The Balaban J connectivity index is 1.97. The first-order chi connectivity index (χ1) is 14.8. The summed E-state index contributed by atoms with van der Waals surface area (Å²) >= 11 is 7.27. The third-order valence-corrected chi connectivity index (χ3v) is 5.98. The van der Waals surface area contributed by atoms with Gasteiger partial charge in [-0.2, -0.15) is 5.10 Å². The van der Waals surface area contributed by atoms with Gasteiger partial charge in [0.2, 0.25) is 5.88 Å². The van der Waals surface area contributed by atoms with Gasteiger partial charge in [-0.25, -0.2) is 14.2 Å². The second kappa shape index (κ2) is 8.24. The molecule has 31 heavy (non-hydrogen) atoms. The molecule has 0 saturated carbocycles. The summed E-state index contributed by atoms with van der Waals surface area (Å²) in [5.41, 5.74) is 0.764. The van der Waals surface area contributed by atoms with E-state index in [2.05, 4.69) is 10.1 Å². The summed E-state index contributed by atoms with van der Waals surface area (Å²) in [6.07, 6.45) is 3.42. The van der Waals surface area contributed by atoms with E-state index in [1.165, 1.54) is 31.0 Å². The van der Waals surface area contributed by atoms with Gasteiger partial charge in [-0.3, -0.25) is 9.25 Å². The van der Waals surface area contributed by atoms with Crippen LogP contribution in [0, 0.1) is 5.82 Å². The minimum Gasteiger partial charge on any atom is -0.481 e. The van der Waals surface area contributed by atoms with E-state index in [1.807, 2.05) is 13.8 Å². The van der Waals surface area contributed by atoms with Crippen molar-refractivity contribution in [3.05, 3.63) is 59.3 Å². The van der Waals surface area contributed by atoms with Crippen LogP contribution in [-0.2, 0) is 0 Å². The van der Waals surface area contributed by atoms with Crippen molar-refractivity contribution in [2.75, 3.05) is 7.11 Å². The molecule has 0 saturated heterocycles. The number of carbonyl (C=O) groups is 1. The van der Waals surface area contributed by atoms with Crippen molar-refractivity contribution >= 4 is 40.2 Å². The quantitative estimate of drug-likeness (QED) is 0.412.